The molecule has 0 saturated heterocycles. The third-order valence-electron chi connectivity index (χ3n) is 6.17. The maximum Gasteiger partial charge on any atom is 0.417 e. The van der Waals surface area contributed by atoms with E-state index in [1.54, 1.807) is 46.2 Å². The maximum absolute atomic E-state index is 13.7. The molecule has 1 amide bonds. The molecule has 10 heteroatoms. The Hall–Kier alpha value is -3.95. The van der Waals surface area contributed by atoms with Crippen LogP contribution in [0.15, 0.2) is 61.1 Å². The molecule has 1 aromatic carbocycles. The van der Waals surface area contributed by atoms with Crippen LogP contribution < -0.4 is 5.73 Å². The van der Waals surface area contributed by atoms with Gasteiger partial charge in [0.15, 0.2) is 0 Å². The van der Waals surface area contributed by atoms with Crippen LogP contribution in [0.2, 0.25) is 0 Å². The van der Waals surface area contributed by atoms with E-state index < -0.39 is 11.7 Å². The number of alkyl halides is 3. The lowest BCUT2D eigenvalue weighted by Crippen LogP contribution is -2.42. The number of nitrogens with two attached hydrogens (primary N) is 1. The number of aryl methyl sites for hydroxylation is 1. The molecule has 35 heavy (non-hydrogen) atoms. The van der Waals surface area contributed by atoms with Crippen molar-refractivity contribution in [3.05, 3.63) is 83.4 Å². The molecule has 0 spiro atoms. The molecule has 4 rings (SSSR count). The van der Waals surface area contributed by atoms with Gasteiger partial charge in [0.25, 0.3) is 5.91 Å². The first-order chi connectivity index (χ1) is 16.5. The van der Waals surface area contributed by atoms with Gasteiger partial charge in [0, 0.05) is 29.5 Å². The first-order valence-corrected chi connectivity index (χ1v) is 11.0. The molecule has 0 radical (unpaired) electrons. The van der Waals surface area contributed by atoms with E-state index in [4.69, 9.17) is 5.73 Å². The lowest BCUT2D eigenvalue weighted by atomic mass is 10.0. The van der Waals surface area contributed by atoms with E-state index in [0.29, 0.717) is 22.6 Å². The van der Waals surface area contributed by atoms with E-state index in [1.165, 1.54) is 6.07 Å². The van der Waals surface area contributed by atoms with Crippen molar-refractivity contribution >= 4 is 22.6 Å². The number of pyridine rings is 2. The van der Waals surface area contributed by atoms with Crippen molar-refractivity contribution in [3.63, 3.8) is 0 Å². The molecule has 0 fully saturated rings. The Morgan fingerprint density at radius 1 is 1.17 bits per heavy atom. The summed E-state index contributed by atoms with van der Waals surface area (Å²) < 4.78 is 40.7. The minimum absolute atomic E-state index is 0.0286. The first kappa shape index (κ1) is 24.2. The van der Waals surface area contributed by atoms with Crippen LogP contribution in [0.25, 0.3) is 10.9 Å². The molecule has 0 saturated carbocycles. The Bertz CT molecular complexity index is 1340. The van der Waals surface area contributed by atoms with Gasteiger partial charge in [0.1, 0.15) is 5.82 Å². The van der Waals surface area contributed by atoms with Gasteiger partial charge in [-0.05, 0) is 68.8 Å². The fourth-order valence-electron chi connectivity index (χ4n) is 3.86. The lowest BCUT2D eigenvalue weighted by molar-refractivity contribution is -0.137. The maximum atomic E-state index is 13.7. The number of anilines is 1. The summed E-state index contributed by atoms with van der Waals surface area (Å²) in [7, 11) is 0. The number of halogens is 3. The lowest BCUT2D eigenvalue weighted by Gasteiger charge is -2.33. The number of carbonyl (C=O) groups excluding carboxylic acids is 1. The number of fused-ring (bicyclic) bond motifs is 1. The van der Waals surface area contributed by atoms with Crippen LogP contribution in [0, 0.1) is 6.92 Å². The van der Waals surface area contributed by atoms with E-state index in [-0.39, 0.29) is 24.5 Å². The smallest absolute Gasteiger partial charge is 0.383 e. The van der Waals surface area contributed by atoms with Gasteiger partial charge in [-0.1, -0.05) is 0 Å². The highest BCUT2D eigenvalue weighted by Gasteiger charge is 2.31. The van der Waals surface area contributed by atoms with Crippen molar-refractivity contribution in [3.8, 4) is 0 Å². The number of hydrogen-bond donors (Lipinski definition) is 1. The van der Waals surface area contributed by atoms with Gasteiger partial charge in [-0.3, -0.25) is 14.5 Å². The topological polar surface area (TPSA) is 89.9 Å². The zero-order valence-electron chi connectivity index (χ0n) is 19.5. The molecule has 2 N–H and O–H groups in total. The van der Waals surface area contributed by atoms with Crippen molar-refractivity contribution in [2.45, 2.75) is 45.6 Å². The Kier molecular flexibility index (Phi) is 6.47. The average molecular weight is 483 g/mol. The fraction of sp³-hybridized carbons (Fsp3) is 0.280. The highest BCUT2D eigenvalue weighted by molar-refractivity contribution is 5.98. The molecule has 0 aliphatic heterocycles. The third kappa shape index (κ3) is 5.11. The molecule has 3 aromatic heterocycles. The van der Waals surface area contributed by atoms with Crippen molar-refractivity contribution in [2.75, 3.05) is 5.73 Å². The van der Waals surface area contributed by atoms with E-state index in [2.05, 4.69) is 15.1 Å². The SMILES string of the molecule is Cc1cc2cc(C(=O)N(Cc3ccc(C(F)(F)F)cn3)C(C)C(C)n3cccn3)ccc2nc1N. The number of carbonyl (C=O) groups is 1. The van der Waals surface area contributed by atoms with Crippen LogP contribution in [0.1, 0.15) is 47.1 Å². The quantitative estimate of drug-likeness (QED) is 0.416. The molecular weight excluding hydrogens is 457 g/mol. The first-order valence-electron chi connectivity index (χ1n) is 11.0. The summed E-state index contributed by atoms with van der Waals surface area (Å²) in [5.74, 6) is 0.142. The standard InChI is InChI=1S/C25H25F3N6O/c1-15-11-19-12-18(5-8-22(19)32-23(15)29)24(35)33(16(2)17(3)34-10-4-9-31-34)14-21-7-6-20(13-30-21)25(26,27)28/h4-13,16-17H,14H2,1-3H3,(H2,29,32). The second kappa shape index (κ2) is 9.36. The molecule has 182 valence electrons. The van der Waals surface area contributed by atoms with E-state index >= 15 is 0 Å². The summed E-state index contributed by atoms with van der Waals surface area (Å²) >= 11 is 0. The number of benzene rings is 1. The number of amides is 1. The normalized spacial score (nSPS) is 13.5. The largest absolute Gasteiger partial charge is 0.417 e. The van der Waals surface area contributed by atoms with E-state index in [9.17, 15) is 18.0 Å². The highest BCUT2D eigenvalue weighted by Crippen LogP contribution is 2.29. The summed E-state index contributed by atoms with van der Waals surface area (Å²) in [5.41, 5.74) is 7.30. The monoisotopic (exact) mass is 482 g/mol. The average Bonchev–Trinajstić information content (AvgIpc) is 3.36. The van der Waals surface area contributed by atoms with Gasteiger partial charge in [0.2, 0.25) is 0 Å². The molecule has 0 aliphatic rings. The Labute approximate surface area is 200 Å². The number of nitrogen functional groups attached to an aromatic ring is 1. The molecular formula is C25H25F3N6O. The Balaban J connectivity index is 1.69. The highest BCUT2D eigenvalue weighted by atomic mass is 19.4. The zero-order valence-corrected chi connectivity index (χ0v) is 19.5. The van der Waals surface area contributed by atoms with Gasteiger partial charge in [-0.25, -0.2) is 4.98 Å². The van der Waals surface area contributed by atoms with Crippen LogP contribution >= 0.6 is 0 Å². The summed E-state index contributed by atoms with van der Waals surface area (Å²) in [6, 6.07) is 10.5. The van der Waals surface area contributed by atoms with Crippen molar-refractivity contribution in [1.82, 2.24) is 24.6 Å². The van der Waals surface area contributed by atoms with Gasteiger partial charge in [-0.2, -0.15) is 18.3 Å². The van der Waals surface area contributed by atoms with E-state index in [0.717, 1.165) is 23.2 Å². The van der Waals surface area contributed by atoms with Gasteiger partial charge in [0.05, 0.1) is 35.4 Å². The summed E-state index contributed by atoms with van der Waals surface area (Å²) in [6.07, 6.45) is -0.246. The van der Waals surface area contributed by atoms with E-state index in [1.807, 2.05) is 26.8 Å². The molecule has 3 heterocycles. The fourth-order valence-corrected chi connectivity index (χ4v) is 3.86. The Morgan fingerprint density at radius 2 is 1.94 bits per heavy atom. The molecule has 4 aromatic rings. The van der Waals surface area contributed by atoms with Crippen LogP contribution in [0.5, 0.6) is 0 Å². The van der Waals surface area contributed by atoms with Crippen molar-refractivity contribution < 1.29 is 18.0 Å². The molecule has 2 atom stereocenters. The molecule has 2 unspecified atom stereocenters. The third-order valence-corrected chi connectivity index (χ3v) is 6.17. The summed E-state index contributed by atoms with van der Waals surface area (Å²) in [4.78, 5) is 23.7. The summed E-state index contributed by atoms with van der Waals surface area (Å²) in [6.45, 7) is 5.67. The van der Waals surface area contributed by atoms with Crippen LogP contribution in [0.3, 0.4) is 0 Å². The summed E-state index contributed by atoms with van der Waals surface area (Å²) in [5, 5.41) is 5.04. The number of aromatic nitrogens is 4. The van der Waals surface area contributed by atoms with Crippen LogP contribution in [-0.2, 0) is 12.7 Å². The minimum Gasteiger partial charge on any atom is -0.383 e. The molecule has 7 nitrogen and oxygen atoms in total. The Morgan fingerprint density at radius 3 is 2.57 bits per heavy atom. The predicted octanol–water partition coefficient (Wildman–Crippen LogP) is 5.03. The molecule has 0 bridgehead atoms. The van der Waals surface area contributed by atoms with Crippen molar-refractivity contribution in [2.24, 2.45) is 0 Å². The number of rotatable bonds is 6. The number of nitrogens with zero attached hydrogens (tertiary/aromatic N) is 5. The minimum atomic E-state index is -4.48. The number of hydrogen-bond acceptors (Lipinski definition) is 5. The molecule has 0 aliphatic carbocycles. The second-order valence-electron chi connectivity index (χ2n) is 8.53. The zero-order chi connectivity index (χ0) is 25.3. The van der Waals surface area contributed by atoms with Crippen LogP contribution in [-0.4, -0.2) is 36.6 Å². The van der Waals surface area contributed by atoms with Gasteiger partial charge in [-0.15, -0.1) is 0 Å². The van der Waals surface area contributed by atoms with Gasteiger partial charge < -0.3 is 10.6 Å². The van der Waals surface area contributed by atoms with Crippen molar-refractivity contribution in [1.29, 1.82) is 0 Å². The van der Waals surface area contributed by atoms with Gasteiger partial charge >= 0.3 is 6.18 Å². The predicted molar refractivity (Wildman–Crippen MR) is 126 cm³/mol. The second-order valence-corrected chi connectivity index (χ2v) is 8.53. The van der Waals surface area contributed by atoms with Crippen LogP contribution in [0.4, 0.5) is 19.0 Å².